The number of nitrogens with one attached hydrogen (secondary N) is 1. The molecule has 1 rings (SSSR count). The lowest BCUT2D eigenvalue weighted by Crippen LogP contribution is -2.36. The minimum atomic E-state index is -4.42. The fourth-order valence-electron chi connectivity index (χ4n) is 0.956. The van der Waals surface area contributed by atoms with E-state index in [1.54, 1.807) is 23.5 Å². The third kappa shape index (κ3) is 6.01. The molecule has 0 heterocycles. The normalized spacial score (nSPS) is 11.1. The van der Waals surface area contributed by atoms with Gasteiger partial charge >= 0.3 is 6.18 Å². The van der Waals surface area contributed by atoms with Gasteiger partial charge in [0, 0.05) is 5.02 Å². The zero-order valence-electron chi connectivity index (χ0n) is 8.55. The molecule has 0 radical (unpaired) electrons. The maximum atomic E-state index is 11.8. The van der Waals surface area contributed by atoms with E-state index in [0.29, 0.717) is 10.8 Å². The maximum Gasteiger partial charge on any atom is 0.405 e. The molecular weight excluding hydrogens is 259 g/mol. The number of hydrogen-bond donors (Lipinski definition) is 1. The molecule has 0 aromatic heterocycles. The molecular formula is C10H9ClF3NO2. The van der Waals surface area contributed by atoms with E-state index in [1.165, 1.54) is 6.07 Å². The highest BCUT2D eigenvalue weighted by atomic mass is 35.5. The van der Waals surface area contributed by atoms with Gasteiger partial charge in [-0.3, -0.25) is 4.79 Å². The Labute approximate surface area is 101 Å². The molecule has 0 bridgehead atoms. The van der Waals surface area contributed by atoms with Gasteiger partial charge in [0.15, 0.2) is 6.61 Å². The zero-order valence-corrected chi connectivity index (χ0v) is 9.31. The highest BCUT2D eigenvalue weighted by Gasteiger charge is 2.27. The Morgan fingerprint density at radius 2 is 2.12 bits per heavy atom. The standard InChI is InChI=1S/C10H9ClF3NO2/c11-7-2-1-3-8(4-7)17-5-9(16)15-6-10(12,13)14/h1-4H,5-6H2,(H,15,16). The summed E-state index contributed by atoms with van der Waals surface area (Å²) in [5, 5.41) is 2.10. The summed E-state index contributed by atoms with van der Waals surface area (Å²) in [6, 6.07) is 6.21. The van der Waals surface area contributed by atoms with Crippen LogP contribution in [0, 0.1) is 0 Å². The van der Waals surface area contributed by atoms with Crippen molar-refractivity contribution in [1.82, 2.24) is 5.32 Å². The highest BCUT2D eigenvalue weighted by molar-refractivity contribution is 6.30. The van der Waals surface area contributed by atoms with Crippen molar-refractivity contribution in [3.05, 3.63) is 29.3 Å². The van der Waals surface area contributed by atoms with E-state index < -0.39 is 25.2 Å². The van der Waals surface area contributed by atoms with Gasteiger partial charge in [-0.05, 0) is 18.2 Å². The minimum Gasteiger partial charge on any atom is -0.484 e. The summed E-state index contributed by atoms with van der Waals surface area (Å²) < 4.78 is 40.2. The van der Waals surface area contributed by atoms with Crippen molar-refractivity contribution in [2.24, 2.45) is 0 Å². The molecule has 0 spiro atoms. The molecule has 94 valence electrons. The van der Waals surface area contributed by atoms with Gasteiger partial charge in [0.2, 0.25) is 0 Å². The van der Waals surface area contributed by atoms with E-state index in [4.69, 9.17) is 16.3 Å². The van der Waals surface area contributed by atoms with Crippen molar-refractivity contribution in [2.75, 3.05) is 13.2 Å². The Morgan fingerprint density at radius 1 is 1.41 bits per heavy atom. The van der Waals surface area contributed by atoms with Crippen LogP contribution in [0.5, 0.6) is 5.75 Å². The quantitative estimate of drug-likeness (QED) is 0.910. The first-order chi connectivity index (χ1) is 7.87. The van der Waals surface area contributed by atoms with Crippen LogP contribution in [-0.4, -0.2) is 25.2 Å². The molecule has 0 saturated carbocycles. The molecule has 0 fully saturated rings. The predicted molar refractivity (Wildman–Crippen MR) is 56.0 cm³/mol. The summed E-state index contributed by atoms with van der Waals surface area (Å²) in [4.78, 5) is 11.0. The number of amides is 1. The van der Waals surface area contributed by atoms with Crippen LogP contribution in [0.3, 0.4) is 0 Å². The zero-order chi connectivity index (χ0) is 12.9. The van der Waals surface area contributed by atoms with E-state index in [-0.39, 0.29) is 0 Å². The van der Waals surface area contributed by atoms with E-state index in [1.807, 2.05) is 0 Å². The number of benzene rings is 1. The first-order valence-electron chi connectivity index (χ1n) is 4.58. The third-order valence-electron chi connectivity index (χ3n) is 1.65. The summed E-state index contributed by atoms with van der Waals surface area (Å²) in [5.41, 5.74) is 0. The third-order valence-corrected chi connectivity index (χ3v) is 1.89. The first kappa shape index (κ1) is 13.6. The molecule has 0 aliphatic carbocycles. The largest absolute Gasteiger partial charge is 0.484 e. The van der Waals surface area contributed by atoms with Crippen molar-refractivity contribution in [3.63, 3.8) is 0 Å². The SMILES string of the molecule is O=C(COc1cccc(Cl)c1)NCC(F)(F)F. The van der Waals surface area contributed by atoms with Crippen LogP contribution in [-0.2, 0) is 4.79 Å². The van der Waals surface area contributed by atoms with Gasteiger partial charge in [-0.1, -0.05) is 17.7 Å². The van der Waals surface area contributed by atoms with Crippen molar-refractivity contribution < 1.29 is 22.7 Å². The van der Waals surface area contributed by atoms with Crippen LogP contribution in [0.15, 0.2) is 24.3 Å². The Kier molecular flexibility index (Phi) is 4.62. The Balaban J connectivity index is 2.33. The topological polar surface area (TPSA) is 38.3 Å². The molecule has 0 saturated heterocycles. The molecule has 0 unspecified atom stereocenters. The number of carbonyl (C=O) groups is 1. The number of rotatable bonds is 4. The lowest BCUT2D eigenvalue weighted by molar-refractivity contribution is -0.139. The first-order valence-corrected chi connectivity index (χ1v) is 4.96. The number of alkyl halides is 3. The fraction of sp³-hybridized carbons (Fsp3) is 0.300. The van der Waals surface area contributed by atoms with Gasteiger partial charge in [0.1, 0.15) is 12.3 Å². The number of hydrogen-bond acceptors (Lipinski definition) is 2. The number of ether oxygens (including phenoxy) is 1. The molecule has 1 aromatic rings. The van der Waals surface area contributed by atoms with Crippen molar-refractivity contribution >= 4 is 17.5 Å². The fourth-order valence-corrected chi connectivity index (χ4v) is 1.14. The molecule has 7 heteroatoms. The van der Waals surface area contributed by atoms with Crippen molar-refractivity contribution in [3.8, 4) is 5.75 Å². The van der Waals surface area contributed by atoms with Crippen LogP contribution in [0.1, 0.15) is 0 Å². The molecule has 0 aliphatic heterocycles. The maximum absolute atomic E-state index is 11.8. The summed E-state index contributed by atoms with van der Waals surface area (Å²) in [7, 11) is 0. The monoisotopic (exact) mass is 267 g/mol. The van der Waals surface area contributed by atoms with Gasteiger partial charge in [-0.15, -0.1) is 0 Å². The number of halogens is 4. The second-order valence-corrected chi connectivity index (χ2v) is 3.57. The van der Waals surface area contributed by atoms with Crippen molar-refractivity contribution in [1.29, 1.82) is 0 Å². The van der Waals surface area contributed by atoms with Crippen LogP contribution >= 0.6 is 11.6 Å². The van der Waals surface area contributed by atoms with E-state index in [2.05, 4.69) is 0 Å². The van der Waals surface area contributed by atoms with Gasteiger partial charge in [0.05, 0.1) is 0 Å². The van der Waals surface area contributed by atoms with Gasteiger partial charge in [0.25, 0.3) is 5.91 Å². The minimum absolute atomic E-state index is 0.319. The van der Waals surface area contributed by atoms with Crippen LogP contribution in [0.2, 0.25) is 5.02 Å². The Morgan fingerprint density at radius 3 is 2.71 bits per heavy atom. The smallest absolute Gasteiger partial charge is 0.405 e. The van der Waals surface area contributed by atoms with E-state index in [9.17, 15) is 18.0 Å². The van der Waals surface area contributed by atoms with Crippen LogP contribution < -0.4 is 10.1 Å². The molecule has 17 heavy (non-hydrogen) atoms. The number of carbonyl (C=O) groups excluding carboxylic acids is 1. The Bertz CT molecular complexity index is 395. The second-order valence-electron chi connectivity index (χ2n) is 3.14. The summed E-state index contributed by atoms with van der Waals surface area (Å²) in [5.74, 6) is -0.526. The predicted octanol–water partition coefficient (Wildman–Crippen LogP) is 2.40. The van der Waals surface area contributed by atoms with E-state index in [0.717, 1.165) is 0 Å². The van der Waals surface area contributed by atoms with E-state index >= 15 is 0 Å². The average Bonchev–Trinajstić information content (AvgIpc) is 2.23. The molecule has 1 amide bonds. The molecule has 0 atom stereocenters. The highest BCUT2D eigenvalue weighted by Crippen LogP contribution is 2.17. The molecule has 1 N–H and O–H groups in total. The summed E-state index contributed by atoms with van der Waals surface area (Å²) >= 11 is 5.65. The second kappa shape index (κ2) is 5.77. The van der Waals surface area contributed by atoms with Crippen LogP contribution in [0.25, 0.3) is 0 Å². The Hall–Kier alpha value is -1.43. The van der Waals surface area contributed by atoms with Gasteiger partial charge in [-0.25, -0.2) is 0 Å². The molecule has 0 aliphatic rings. The summed E-state index contributed by atoms with van der Waals surface area (Å²) in [6.45, 7) is -1.86. The average molecular weight is 268 g/mol. The lowest BCUT2D eigenvalue weighted by Gasteiger charge is -2.09. The van der Waals surface area contributed by atoms with Gasteiger partial charge < -0.3 is 10.1 Å². The molecule has 1 aromatic carbocycles. The van der Waals surface area contributed by atoms with Gasteiger partial charge in [-0.2, -0.15) is 13.2 Å². The van der Waals surface area contributed by atoms with Crippen molar-refractivity contribution in [2.45, 2.75) is 6.18 Å². The lowest BCUT2D eigenvalue weighted by atomic mass is 10.3. The van der Waals surface area contributed by atoms with Crippen LogP contribution in [0.4, 0.5) is 13.2 Å². The summed E-state index contributed by atoms with van der Waals surface area (Å²) in [6.07, 6.45) is -4.42. The molecule has 3 nitrogen and oxygen atoms in total.